The van der Waals surface area contributed by atoms with Crippen LogP contribution in [0.2, 0.25) is 0 Å². The highest BCUT2D eigenvalue weighted by molar-refractivity contribution is 5.91. The lowest BCUT2D eigenvalue weighted by atomic mass is 10.2. The number of fused-ring (bicyclic) bond motifs is 2. The lowest BCUT2D eigenvalue weighted by Gasteiger charge is -2.23. The summed E-state index contributed by atoms with van der Waals surface area (Å²) >= 11 is 0. The second kappa shape index (κ2) is 6.08. The number of furan rings is 2. The van der Waals surface area contributed by atoms with Crippen molar-refractivity contribution in [1.82, 2.24) is 9.97 Å². The van der Waals surface area contributed by atoms with Gasteiger partial charge in [-0.3, -0.25) is 0 Å². The van der Waals surface area contributed by atoms with Crippen LogP contribution in [0.25, 0.3) is 33.7 Å². The molecule has 0 aliphatic heterocycles. The molecule has 138 valence electrons. The fourth-order valence-electron chi connectivity index (χ4n) is 2.74. The molecule has 4 rings (SSSR count). The zero-order valence-electron chi connectivity index (χ0n) is 14.9. The van der Waals surface area contributed by atoms with Gasteiger partial charge < -0.3 is 18.8 Å². The third-order valence-electron chi connectivity index (χ3n) is 4.38. The summed E-state index contributed by atoms with van der Waals surface area (Å²) in [6, 6.07) is 7.33. The van der Waals surface area contributed by atoms with E-state index in [2.05, 4.69) is 9.97 Å². The standard InChI is InChI=1S/C19H16FN3O4/c1-9(2)23(3)17-16(14-7-10-6-11(20)4-5-13(10)26-14)21-12-8-15(19(24)25)27-18(12)22-17/h4-9H,1-3H3,(H,24,25). The van der Waals surface area contributed by atoms with Crippen LogP contribution in [0.1, 0.15) is 24.4 Å². The number of carbonyl (C=O) groups is 1. The van der Waals surface area contributed by atoms with Crippen LogP contribution in [0.15, 0.2) is 39.2 Å². The lowest BCUT2D eigenvalue weighted by molar-refractivity contribution is 0.0664. The number of rotatable bonds is 4. The summed E-state index contributed by atoms with van der Waals surface area (Å²) in [5, 5.41) is 9.75. The molecule has 8 heteroatoms. The van der Waals surface area contributed by atoms with E-state index >= 15 is 0 Å². The minimum atomic E-state index is -1.20. The Bertz CT molecular complexity index is 1180. The Kier molecular flexibility index (Phi) is 3.83. The van der Waals surface area contributed by atoms with Gasteiger partial charge in [-0.15, -0.1) is 0 Å². The number of carboxylic acid groups (broad SMARTS) is 1. The van der Waals surface area contributed by atoms with E-state index < -0.39 is 5.97 Å². The Hall–Kier alpha value is -3.42. The molecule has 0 atom stereocenters. The molecular formula is C19H16FN3O4. The molecule has 1 N–H and O–H groups in total. The Morgan fingerprint density at radius 3 is 2.67 bits per heavy atom. The number of carboxylic acids is 1. The third-order valence-corrected chi connectivity index (χ3v) is 4.38. The van der Waals surface area contributed by atoms with Crippen molar-refractivity contribution in [2.24, 2.45) is 0 Å². The van der Waals surface area contributed by atoms with Crippen LogP contribution in [-0.2, 0) is 0 Å². The number of aromatic carboxylic acids is 1. The van der Waals surface area contributed by atoms with Gasteiger partial charge in [-0.25, -0.2) is 14.2 Å². The average molecular weight is 369 g/mol. The molecule has 0 aliphatic rings. The first-order chi connectivity index (χ1) is 12.8. The SMILES string of the molecule is CC(C)N(C)c1nc2oc(C(=O)O)cc2nc1-c1cc2cc(F)ccc2o1. The highest BCUT2D eigenvalue weighted by Crippen LogP contribution is 2.34. The first-order valence-corrected chi connectivity index (χ1v) is 8.30. The first-order valence-electron chi connectivity index (χ1n) is 8.30. The molecule has 4 aromatic rings. The largest absolute Gasteiger partial charge is 0.475 e. The monoisotopic (exact) mass is 369 g/mol. The molecule has 0 spiro atoms. The van der Waals surface area contributed by atoms with E-state index in [1.807, 2.05) is 25.8 Å². The second-order valence-corrected chi connectivity index (χ2v) is 6.50. The van der Waals surface area contributed by atoms with Gasteiger partial charge in [0.15, 0.2) is 11.6 Å². The van der Waals surface area contributed by atoms with Gasteiger partial charge in [-0.1, -0.05) is 0 Å². The highest BCUT2D eigenvalue weighted by atomic mass is 19.1. The van der Waals surface area contributed by atoms with Gasteiger partial charge >= 0.3 is 5.97 Å². The van der Waals surface area contributed by atoms with E-state index in [0.717, 1.165) is 0 Å². The molecule has 0 radical (unpaired) electrons. The van der Waals surface area contributed by atoms with Crippen LogP contribution in [-0.4, -0.2) is 34.1 Å². The van der Waals surface area contributed by atoms with E-state index in [4.69, 9.17) is 13.9 Å². The first kappa shape index (κ1) is 17.0. The fourth-order valence-corrected chi connectivity index (χ4v) is 2.74. The smallest absolute Gasteiger partial charge is 0.371 e. The van der Waals surface area contributed by atoms with Crippen molar-refractivity contribution >= 4 is 34.0 Å². The minimum absolute atomic E-state index is 0.0891. The topological polar surface area (TPSA) is 92.6 Å². The summed E-state index contributed by atoms with van der Waals surface area (Å²) in [7, 11) is 1.84. The molecule has 3 heterocycles. The molecule has 0 amide bonds. The van der Waals surface area contributed by atoms with Crippen molar-refractivity contribution in [3.05, 3.63) is 41.9 Å². The van der Waals surface area contributed by atoms with Crippen LogP contribution in [0.5, 0.6) is 0 Å². The maximum absolute atomic E-state index is 13.5. The summed E-state index contributed by atoms with van der Waals surface area (Å²) < 4.78 is 24.6. The molecule has 3 aromatic heterocycles. The summed E-state index contributed by atoms with van der Waals surface area (Å²) in [5.74, 6) is -0.924. The number of halogens is 1. The summed E-state index contributed by atoms with van der Waals surface area (Å²) in [6.07, 6.45) is 0. The Morgan fingerprint density at radius 1 is 1.19 bits per heavy atom. The zero-order valence-corrected chi connectivity index (χ0v) is 14.9. The van der Waals surface area contributed by atoms with Gasteiger partial charge in [-0.2, -0.15) is 4.98 Å². The Balaban J connectivity index is 1.97. The molecule has 1 aromatic carbocycles. The van der Waals surface area contributed by atoms with Crippen LogP contribution in [0.3, 0.4) is 0 Å². The number of aromatic nitrogens is 2. The number of benzene rings is 1. The number of nitrogens with zero attached hydrogens (tertiary/aromatic N) is 3. The van der Waals surface area contributed by atoms with E-state index in [1.54, 1.807) is 12.1 Å². The van der Waals surface area contributed by atoms with Gasteiger partial charge in [0.1, 0.15) is 22.6 Å². The van der Waals surface area contributed by atoms with Gasteiger partial charge in [0.25, 0.3) is 0 Å². The lowest BCUT2D eigenvalue weighted by Crippen LogP contribution is -2.27. The molecule has 0 bridgehead atoms. The van der Waals surface area contributed by atoms with Gasteiger partial charge in [0, 0.05) is 24.5 Å². The Labute approximate surface area is 153 Å². The predicted molar refractivity (Wildman–Crippen MR) is 97.5 cm³/mol. The van der Waals surface area contributed by atoms with Crippen molar-refractivity contribution in [3.63, 3.8) is 0 Å². The van der Waals surface area contributed by atoms with Crippen molar-refractivity contribution in [1.29, 1.82) is 0 Å². The normalized spacial score (nSPS) is 11.6. The summed E-state index contributed by atoms with van der Waals surface area (Å²) in [5.41, 5.74) is 1.37. The molecular weight excluding hydrogens is 353 g/mol. The van der Waals surface area contributed by atoms with Crippen molar-refractivity contribution in [3.8, 4) is 11.5 Å². The molecule has 0 unspecified atom stereocenters. The van der Waals surface area contributed by atoms with E-state index in [-0.39, 0.29) is 23.3 Å². The van der Waals surface area contributed by atoms with E-state index in [1.165, 1.54) is 18.2 Å². The molecule has 0 saturated heterocycles. The second-order valence-electron chi connectivity index (χ2n) is 6.50. The average Bonchev–Trinajstić information content (AvgIpc) is 3.22. The molecule has 0 fully saturated rings. The highest BCUT2D eigenvalue weighted by Gasteiger charge is 2.22. The van der Waals surface area contributed by atoms with Gasteiger partial charge in [0.2, 0.25) is 11.5 Å². The molecule has 0 saturated carbocycles. The van der Waals surface area contributed by atoms with Gasteiger partial charge in [-0.05, 0) is 38.1 Å². The number of hydrogen-bond acceptors (Lipinski definition) is 6. The van der Waals surface area contributed by atoms with E-state index in [0.29, 0.717) is 33.8 Å². The third kappa shape index (κ3) is 2.88. The molecule has 27 heavy (non-hydrogen) atoms. The van der Waals surface area contributed by atoms with Crippen molar-refractivity contribution in [2.45, 2.75) is 19.9 Å². The summed E-state index contributed by atoms with van der Waals surface area (Å²) in [4.78, 5) is 22.0. The predicted octanol–water partition coefficient (Wildman–Crippen LogP) is 4.32. The van der Waals surface area contributed by atoms with Crippen molar-refractivity contribution in [2.75, 3.05) is 11.9 Å². The van der Waals surface area contributed by atoms with Crippen LogP contribution < -0.4 is 4.90 Å². The Morgan fingerprint density at radius 2 is 1.96 bits per heavy atom. The fraction of sp³-hybridized carbons (Fsp3) is 0.211. The van der Waals surface area contributed by atoms with Crippen molar-refractivity contribution < 1.29 is 23.1 Å². The van der Waals surface area contributed by atoms with E-state index in [9.17, 15) is 9.18 Å². The molecule has 7 nitrogen and oxygen atoms in total. The van der Waals surface area contributed by atoms with Crippen LogP contribution in [0.4, 0.5) is 10.2 Å². The van der Waals surface area contributed by atoms with Gasteiger partial charge in [0.05, 0.1) is 0 Å². The molecule has 0 aliphatic carbocycles. The number of anilines is 1. The van der Waals surface area contributed by atoms with Crippen LogP contribution >= 0.6 is 0 Å². The maximum atomic E-state index is 13.5. The van der Waals surface area contributed by atoms with Crippen LogP contribution in [0, 0.1) is 5.82 Å². The maximum Gasteiger partial charge on any atom is 0.371 e. The number of hydrogen-bond donors (Lipinski definition) is 1. The quantitative estimate of drug-likeness (QED) is 0.573. The zero-order chi connectivity index (χ0) is 19.3. The summed E-state index contributed by atoms with van der Waals surface area (Å²) in [6.45, 7) is 3.96. The minimum Gasteiger partial charge on any atom is -0.475 e.